The molecule has 7 heteroatoms. The summed E-state index contributed by atoms with van der Waals surface area (Å²) < 4.78 is 2.98. The van der Waals surface area contributed by atoms with E-state index in [4.69, 9.17) is 0 Å². The lowest BCUT2D eigenvalue weighted by molar-refractivity contribution is -0.127. The van der Waals surface area contributed by atoms with Crippen molar-refractivity contribution in [3.8, 4) is 11.3 Å². The highest BCUT2D eigenvalue weighted by Crippen LogP contribution is 2.40. The van der Waals surface area contributed by atoms with E-state index in [1.165, 1.54) is 11.3 Å². The zero-order valence-electron chi connectivity index (χ0n) is 18.0. The molecule has 0 bridgehead atoms. The number of fused-ring (bicyclic) bond motifs is 1. The summed E-state index contributed by atoms with van der Waals surface area (Å²) in [4.78, 5) is 32.3. The zero-order valence-corrected chi connectivity index (χ0v) is 18.9. The van der Waals surface area contributed by atoms with Crippen LogP contribution in [0, 0.1) is 0 Å². The van der Waals surface area contributed by atoms with Crippen molar-refractivity contribution < 1.29 is 9.59 Å². The van der Waals surface area contributed by atoms with Crippen LogP contribution in [0.4, 0.5) is 5.95 Å². The van der Waals surface area contributed by atoms with Gasteiger partial charge in [-0.3, -0.25) is 14.9 Å². The Labute approximate surface area is 190 Å². The third-order valence-corrected chi connectivity index (χ3v) is 7.35. The highest BCUT2D eigenvalue weighted by Gasteiger charge is 2.31. The van der Waals surface area contributed by atoms with Gasteiger partial charge in [-0.25, -0.2) is 4.98 Å². The first-order valence-corrected chi connectivity index (χ1v) is 11.5. The molecule has 6 nitrogen and oxygen atoms in total. The first-order valence-electron chi connectivity index (χ1n) is 10.7. The molecule has 162 valence electrons. The predicted molar refractivity (Wildman–Crippen MR) is 128 cm³/mol. The van der Waals surface area contributed by atoms with E-state index in [2.05, 4.69) is 16.4 Å². The van der Waals surface area contributed by atoms with Gasteiger partial charge in [0.25, 0.3) is 5.91 Å². The number of aromatic nitrogens is 2. The van der Waals surface area contributed by atoms with E-state index >= 15 is 0 Å². The van der Waals surface area contributed by atoms with E-state index in [9.17, 15) is 9.59 Å². The molecule has 1 N–H and O–H groups in total. The standard InChI is InChI=1S/C25H24N4O2S/c1-16(30)29-13-12-18(15-29)22-19-10-6-7-11-21(19)32-23(22)24(31)27-25-26-14-20(28(25)2)17-8-4-3-5-9-17/h3-11,14,18H,12-13,15H2,1-2H3,(H,26,27,31). The van der Waals surface area contributed by atoms with Crippen LogP contribution in [0.25, 0.3) is 21.3 Å². The van der Waals surface area contributed by atoms with Crippen LogP contribution in [0.2, 0.25) is 0 Å². The van der Waals surface area contributed by atoms with E-state index in [0.29, 0.717) is 17.4 Å². The molecule has 3 heterocycles. The van der Waals surface area contributed by atoms with Crippen LogP contribution < -0.4 is 5.32 Å². The van der Waals surface area contributed by atoms with Gasteiger partial charge < -0.3 is 9.47 Å². The van der Waals surface area contributed by atoms with Crippen molar-refractivity contribution in [1.82, 2.24) is 14.5 Å². The third-order valence-electron chi connectivity index (χ3n) is 6.17. The average Bonchev–Trinajstić information content (AvgIpc) is 3.51. The molecule has 1 unspecified atom stereocenters. The van der Waals surface area contributed by atoms with Gasteiger partial charge in [-0.15, -0.1) is 11.3 Å². The van der Waals surface area contributed by atoms with E-state index in [1.54, 1.807) is 13.1 Å². The highest BCUT2D eigenvalue weighted by molar-refractivity contribution is 7.21. The van der Waals surface area contributed by atoms with Crippen LogP contribution in [0.1, 0.15) is 34.5 Å². The van der Waals surface area contributed by atoms with Crippen LogP contribution in [0.5, 0.6) is 0 Å². The number of carbonyl (C=O) groups excluding carboxylic acids is 2. The summed E-state index contributed by atoms with van der Waals surface area (Å²) in [5.41, 5.74) is 3.02. The Morgan fingerprint density at radius 1 is 1.09 bits per heavy atom. The number of hydrogen-bond acceptors (Lipinski definition) is 4. The third kappa shape index (κ3) is 3.58. The zero-order chi connectivity index (χ0) is 22.2. The first kappa shape index (κ1) is 20.5. The molecule has 32 heavy (non-hydrogen) atoms. The number of carbonyl (C=O) groups is 2. The molecular formula is C25H24N4O2S. The van der Waals surface area contributed by atoms with Crippen molar-refractivity contribution in [1.29, 1.82) is 0 Å². The summed E-state index contributed by atoms with van der Waals surface area (Å²) in [7, 11) is 1.90. The maximum atomic E-state index is 13.4. The molecule has 4 aromatic rings. The van der Waals surface area contributed by atoms with Crippen LogP contribution in [-0.2, 0) is 11.8 Å². The Hall–Kier alpha value is -3.45. The van der Waals surface area contributed by atoms with Crippen molar-refractivity contribution in [2.24, 2.45) is 7.05 Å². The Bertz CT molecular complexity index is 1310. The Kier molecular flexibility index (Phi) is 5.27. The second kappa shape index (κ2) is 8.24. The average molecular weight is 445 g/mol. The molecule has 2 aromatic carbocycles. The van der Waals surface area contributed by atoms with Gasteiger partial charge in [0.2, 0.25) is 11.9 Å². The number of imidazole rings is 1. The molecule has 1 saturated heterocycles. The van der Waals surface area contributed by atoms with E-state index < -0.39 is 0 Å². The smallest absolute Gasteiger partial charge is 0.268 e. The maximum absolute atomic E-state index is 13.4. The minimum absolute atomic E-state index is 0.0829. The summed E-state index contributed by atoms with van der Waals surface area (Å²) in [5, 5.41) is 4.12. The Morgan fingerprint density at radius 3 is 2.59 bits per heavy atom. The Balaban J connectivity index is 1.48. The molecule has 0 saturated carbocycles. The fourth-order valence-corrected chi connectivity index (χ4v) is 5.67. The molecular weight excluding hydrogens is 420 g/mol. The van der Waals surface area contributed by atoms with Gasteiger partial charge in [0.15, 0.2) is 0 Å². The number of benzene rings is 2. The first-order chi connectivity index (χ1) is 15.5. The predicted octanol–water partition coefficient (Wildman–Crippen LogP) is 4.89. The number of nitrogens with zero attached hydrogens (tertiary/aromatic N) is 3. The summed E-state index contributed by atoms with van der Waals surface area (Å²) in [6.07, 6.45) is 2.64. The second-order valence-electron chi connectivity index (χ2n) is 8.14. The second-order valence-corrected chi connectivity index (χ2v) is 9.19. The molecule has 0 aliphatic carbocycles. The van der Waals surface area contributed by atoms with Crippen molar-refractivity contribution in [2.45, 2.75) is 19.3 Å². The lowest BCUT2D eigenvalue weighted by atomic mass is 9.95. The molecule has 0 radical (unpaired) electrons. The molecule has 0 spiro atoms. The van der Waals surface area contributed by atoms with E-state index in [-0.39, 0.29) is 17.7 Å². The van der Waals surface area contributed by atoms with Crippen LogP contribution in [-0.4, -0.2) is 39.4 Å². The molecule has 1 atom stereocenters. The molecule has 5 rings (SSSR count). The Morgan fingerprint density at radius 2 is 1.84 bits per heavy atom. The van der Waals surface area contributed by atoms with Gasteiger partial charge in [0, 0.05) is 37.7 Å². The van der Waals surface area contributed by atoms with Crippen molar-refractivity contribution in [2.75, 3.05) is 18.4 Å². The number of hydrogen-bond donors (Lipinski definition) is 1. The SMILES string of the molecule is CC(=O)N1CCC(c2c(C(=O)Nc3ncc(-c4ccccc4)n3C)sc3ccccc23)C1. The summed E-state index contributed by atoms with van der Waals surface area (Å²) >= 11 is 1.50. The maximum Gasteiger partial charge on any atom is 0.268 e. The monoisotopic (exact) mass is 444 g/mol. The summed E-state index contributed by atoms with van der Waals surface area (Å²) in [6, 6.07) is 18.1. The number of nitrogens with one attached hydrogen (secondary N) is 1. The topological polar surface area (TPSA) is 67.2 Å². The number of anilines is 1. The minimum atomic E-state index is -0.157. The fraction of sp³-hybridized carbons (Fsp3) is 0.240. The lowest BCUT2D eigenvalue weighted by Gasteiger charge is -2.15. The molecule has 1 aliphatic rings. The molecule has 2 aromatic heterocycles. The van der Waals surface area contributed by atoms with Crippen molar-refractivity contribution in [3.63, 3.8) is 0 Å². The fourth-order valence-electron chi connectivity index (χ4n) is 4.48. The molecule has 1 aliphatic heterocycles. The lowest BCUT2D eigenvalue weighted by Crippen LogP contribution is -2.25. The van der Waals surface area contributed by atoms with Crippen LogP contribution in [0.15, 0.2) is 60.8 Å². The van der Waals surface area contributed by atoms with Crippen molar-refractivity contribution in [3.05, 3.63) is 71.2 Å². The minimum Gasteiger partial charge on any atom is -0.342 e. The van der Waals surface area contributed by atoms with Gasteiger partial charge in [0.1, 0.15) is 0 Å². The van der Waals surface area contributed by atoms with Crippen molar-refractivity contribution >= 4 is 39.2 Å². The van der Waals surface area contributed by atoms with Crippen LogP contribution >= 0.6 is 11.3 Å². The van der Waals surface area contributed by atoms with E-state index in [1.807, 2.05) is 65.0 Å². The van der Waals surface area contributed by atoms with Gasteiger partial charge in [-0.05, 0) is 29.0 Å². The number of rotatable bonds is 4. The van der Waals surface area contributed by atoms with E-state index in [0.717, 1.165) is 39.9 Å². The summed E-state index contributed by atoms with van der Waals surface area (Å²) in [6.45, 7) is 2.98. The number of amides is 2. The molecule has 1 fully saturated rings. The normalized spacial score (nSPS) is 15.9. The highest BCUT2D eigenvalue weighted by atomic mass is 32.1. The number of likely N-dealkylation sites (tertiary alicyclic amines) is 1. The van der Waals surface area contributed by atoms with Gasteiger partial charge in [0.05, 0.1) is 16.8 Å². The summed E-state index contributed by atoms with van der Waals surface area (Å²) in [5.74, 6) is 0.585. The number of thiophene rings is 1. The van der Waals surface area contributed by atoms with Gasteiger partial charge in [-0.1, -0.05) is 48.5 Å². The largest absolute Gasteiger partial charge is 0.342 e. The molecule has 2 amide bonds. The van der Waals surface area contributed by atoms with Crippen LogP contribution in [0.3, 0.4) is 0 Å². The van der Waals surface area contributed by atoms with Gasteiger partial charge >= 0.3 is 0 Å². The van der Waals surface area contributed by atoms with Gasteiger partial charge in [-0.2, -0.15) is 0 Å². The quantitative estimate of drug-likeness (QED) is 0.487.